The molecule has 0 saturated heterocycles. The van der Waals surface area contributed by atoms with E-state index in [1.54, 1.807) is 19.1 Å². The molecule has 0 N–H and O–H groups in total. The van der Waals surface area contributed by atoms with Gasteiger partial charge in [-0.05, 0) is 62.1 Å². The standard InChI is InChI=1S/C23H30O7S/c1-4-27-22(23(24)28-5-2)17-19-8-6-10-21(16-19)29-15-7-9-18-11-13-20(14-12-18)30-31(3,25)26/h6,8,10-14,16,22H,4-5,7,9,15,17H2,1-3H3. The van der Waals surface area contributed by atoms with E-state index >= 15 is 0 Å². The van der Waals surface area contributed by atoms with E-state index in [1.807, 2.05) is 43.3 Å². The van der Waals surface area contributed by atoms with Gasteiger partial charge in [0.25, 0.3) is 0 Å². The molecule has 0 aliphatic rings. The van der Waals surface area contributed by atoms with Gasteiger partial charge in [0.2, 0.25) is 0 Å². The monoisotopic (exact) mass is 450 g/mol. The van der Waals surface area contributed by atoms with Crippen molar-refractivity contribution in [3.05, 3.63) is 59.7 Å². The molecule has 1 atom stereocenters. The highest BCUT2D eigenvalue weighted by Crippen LogP contribution is 2.18. The molecule has 0 spiro atoms. The Morgan fingerprint density at radius 3 is 2.35 bits per heavy atom. The van der Waals surface area contributed by atoms with Crippen molar-refractivity contribution >= 4 is 16.1 Å². The molecule has 2 rings (SSSR count). The zero-order valence-corrected chi connectivity index (χ0v) is 19.0. The van der Waals surface area contributed by atoms with Crippen LogP contribution in [0.25, 0.3) is 0 Å². The van der Waals surface area contributed by atoms with Crippen molar-refractivity contribution in [1.29, 1.82) is 0 Å². The SMILES string of the molecule is CCOC(=O)C(Cc1cccc(OCCCc2ccc(OS(C)(=O)=O)cc2)c1)OCC. The summed E-state index contributed by atoms with van der Waals surface area (Å²) in [6, 6.07) is 14.5. The summed E-state index contributed by atoms with van der Waals surface area (Å²) in [7, 11) is -3.52. The van der Waals surface area contributed by atoms with Gasteiger partial charge in [-0.2, -0.15) is 8.42 Å². The Labute approximate surface area is 184 Å². The van der Waals surface area contributed by atoms with E-state index in [2.05, 4.69) is 0 Å². The molecule has 2 aromatic carbocycles. The fraction of sp³-hybridized carbons (Fsp3) is 0.435. The number of carbonyl (C=O) groups excluding carboxylic acids is 1. The number of carbonyl (C=O) groups is 1. The van der Waals surface area contributed by atoms with E-state index in [9.17, 15) is 13.2 Å². The van der Waals surface area contributed by atoms with Crippen LogP contribution in [0.5, 0.6) is 11.5 Å². The molecule has 31 heavy (non-hydrogen) atoms. The first kappa shape index (κ1) is 24.7. The predicted octanol–water partition coefficient (Wildman–Crippen LogP) is 3.55. The van der Waals surface area contributed by atoms with Crippen LogP contribution in [0.1, 0.15) is 31.4 Å². The molecule has 0 saturated carbocycles. The number of hydrogen-bond donors (Lipinski definition) is 0. The number of aryl methyl sites for hydroxylation is 1. The fourth-order valence-corrected chi connectivity index (χ4v) is 3.44. The van der Waals surface area contributed by atoms with Crippen LogP contribution in [0.15, 0.2) is 48.5 Å². The number of hydrogen-bond acceptors (Lipinski definition) is 7. The molecule has 0 bridgehead atoms. The summed E-state index contributed by atoms with van der Waals surface area (Å²) in [5.41, 5.74) is 2.00. The van der Waals surface area contributed by atoms with Gasteiger partial charge in [0.05, 0.1) is 19.5 Å². The molecule has 2 aromatic rings. The Morgan fingerprint density at radius 1 is 0.968 bits per heavy atom. The molecular weight excluding hydrogens is 420 g/mol. The first-order valence-corrected chi connectivity index (χ1v) is 12.1. The highest BCUT2D eigenvalue weighted by Gasteiger charge is 2.20. The summed E-state index contributed by atoms with van der Waals surface area (Å²) in [6.45, 7) is 4.89. The maximum atomic E-state index is 12.0. The lowest BCUT2D eigenvalue weighted by Crippen LogP contribution is -2.29. The van der Waals surface area contributed by atoms with Crippen LogP contribution >= 0.6 is 0 Å². The fourth-order valence-electron chi connectivity index (χ4n) is 2.98. The van der Waals surface area contributed by atoms with Crippen molar-refractivity contribution in [2.45, 2.75) is 39.2 Å². The normalized spacial score (nSPS) is 12.2. The zero-order valence-electron chi connectivity index (χ0n) is 18.2. The summed E-state index contributed by atoms with van der Waals surface area (Å²) in [5, 5.41) is 0. The molecule has 0 aromatic heterocycles. The van der Waals surface area contributed by atoms with Crippen LogP contribution in [0.3, 0.4) is 0 Å². The number of esters is 1. The van der Waals surface area contributed by atoms with Crippen LogP contribution < -0.4 is 8.92 Å². The lowest BCUT2D eigenvalue weighted by Gasteiger charge is -2.16. The zero-order chi connectivity index (χ0) is 22.7. The van der Waals surface area contributed by atoms with Crippen LogP contribution in [-0.4, -0.2) is 46.6 Å². The third kappa shape index (κ3) is 9.40. The lowest BCUT2D eigenvalue weighted by molar-refractivity contribution is -0.156. The molecule has 170 valence electrons. The van der Waals surface area contributed by atoms with Crippen LogP contribution in [0, 0.1) is 0 Å². The first-order valence-electron chi connectivity index (χ1n) is 10.3. The number of benzene rings is 2. The minimum absolute atomic E-state index is 0.299. The maximum absolute atomic E-state index is 12.0. The first-order chi connectivity index (χ1) is 14.8. The predicted molar refractivity (Wildman–Crippen MR) is 118 cm³/mol. The minimum Gasteiger partial charge on any atom is -0.494 e. The Kier molecular flexibility index (Phi) is 9.81. The third-order valence-corrected chi connectivity index (χ3v) is 4.78. The van der Waals surface area contributed by atoms with Crippen molar-refractivity contribution in [3.8, 4) is 11.5 Å². The van der Waals surface area contributed by atoms with Crippen LogP contribution in [-0.2, 0) is 37.2 Å². The van der Waals surface area contributed by atoms with Gasteiger partial charge in [-0.25, -0.2) is 4.79 Å². The van der Waals surface area contributed by atoms with Crippen LogP contribution in [0.4, 0.5) is 0 Å². The average molecular weight is 451 g/mol. The number of ether oxygens (including phenoxy) is 3. The van der Waals surface area contributed by atoms with Gasteiger partial charge < -0.3 is 18.4 Å². The van der Waals surface area contributed by atoms with E-state index in [0.29, 0.717) is 32.0 Å². The van der Waals surface area contributed by atoms with Crippen molar-refractivity contribution in [2.24, 2.45) is 0 Å². The summed E-state index contributed by atoms with van der Waals surface area (Å²) < 4.78 is 43.6. The Morgan fingerprint density at radius 2 is 1.71 bits per heavy atom. The van der Waals surface area contributed by atoms with Gasteiger partial charge in [-0.1, -0.05) is 24.3 Å². The van der Waals surface area contributed by atoms with Gasteiger partial charge in [-0.15, -0.1) is 0 Å². The van der Waals surface area contributed by atoms with Crippen molar-refractivity contribution < 1.29 is 31.6 Å². The largest absolute Gasteiger partial charge is 0.494 e. The molecule has 8 heteroatoms. The van der Waals surface area contributed by atoms with E-state index < -0.39 is 16.2 Å². The molecule has 0 amide bonds. The molecule has 0 radical (unpaired) electrons. The Bertz CT molecular complexity index is 923. The van der Waals surface area contributed by atoms with E-state index in [4.69, 9.17) is 18.4 Å². The smallest absolute Gasteiger partial charge is 0.335 e. The van der Waals surface area contributed by atoms with Gasteiger partial charge in [-0.3, -0.25) is 0 Å². The summed E-state index contributed by atoms with van der Waals surface area (Å²) in [4.78, 5) is 12.0. The second kappa shape index (κ2) is 12.3. The summed E-state index contributed by atoms with van der Waals surface area (Å²) >= 11 is 0. The summed E-state index contributed by atoms with van der Waals surface area (Å²) in [6.07, 6.45) is 2.39. The number of rotatable bonds is 13. The molecule has 0 fully saturated rings. The topological polar surface area (TPSA) is 88.1 Å². The van der Waals surface area contributed by atoms with Crippen molar-refractivity contribution in [2.75, 3.05) is 26.1 Å². The molecular formula is C23H30O7S. The van der Waals surface area contributed by atoms with E-state index in [0.717, 1.165) is 36.0 Å². The Balaban J connectivity index is 1.83. The molecule has 0 aliphatic carbocycles. The summed E-state index contributed by atoms with van der Waals surface area (Å²) in [5.74, 6) is 0.671. The average Bonchev–Trinajstić information content (AvgIpc) is 2.71. The van der Waals surface area contributed by atoms with E-state index in [1.165, 1.54) is 0 Å². The van der Waals surface area contributed by atoms with Crippen molar-refractivity contribution in [1.82, 2.24) is 0 Å². The third-order valence-electron chi connectivity index (χ3n) is 4.29. The van der Waals surface area contributed by atoms with Gasteiger partial charge in [0.15, 0.2) is 6.10 Å². The molecule has 0 heterocycles. The highest BCUT2D eigenvalue weighted by atomic mass is 32.2. The van der Waals surface area contributed by atoms with Gasteiger partial charge in [0.1, 0.15) is 11.5 Å². The molecule has 0 aliphatic heterocycles. The highest BCUT2D eigenvalue weighted by molar-refractivity contribution is 7.86. The lowest BCUT2D eigenvalue weighted by atomic mass is 10.1. The second-order valence-corrected chi connectivity index (χ2v) is 8.51. The second-order valence-electron chi connectivity index (χ2n) is 6.93. The quantitative estimate of drug-likeness (QED) is 0.262. The van der Waals surface area contributed by atoms with Gasteiger partial charge >= 0.3 is 16.1 Å². The molecule has 1 unspecified atom stereocenters. The van der Waals surface area contributed by atoms with E-state index in [-0.39, 0.29) is 5.97 Å². The Hall–Kier alpha value is -2.58. The van der Waals surface area contributed by atoms with Crippen molar-refractivity contribution in [3.63, 3.8) is 0 Å². The maximum Gasteiger partial charge on any atom is 0.335 e. The van der Waals surface area contributed by atoms with Gasteiger partial charge in [0, 0.05) is 13.0 Å². The molecule has 7 nitrogen and oxygen atoms in total. The van der Waals surface area contributed by atoms with Crippen LogP contribution in [0.2, 0.25) is 0 Å². The minimum atomic E-state index is -3.52.